The number of nitrogens with zero attached hydrogens (tertiary/aromatic N) is 1. The number of rotatable bonds is 3. The molecular weight excluding hydrogens is 353 g/mol. The highest BCUT2D eigenvalue weighted by Gasteiger charge is 2.16. The van der Waals surface area contributed by atoms with E-state index in [1.54, 1.807) is 6.07 Å². The molecule has 0 spiro atoms. The van der Waals surface area contributed by atoms with Gasteiger partial charge < -0.3 is 0 Å². The summed E-state index contributed by atoms with van der Waals surface area (Å²) in [6, 6.07) is 6.90. The van der Waals surface area contributed by atoms with Crippen LogP contribution >= 0.6 is 22.6 Å². The lowest BCUT2D eigenvalue weighted by atomic mass is 10.2. The maximum atomic E-state index is 11.9. The van der Waals surface area contributed by atoms with Gasteiger partial charge in [-0.25, -0.2) is 0 Å². The van der Waals surface area contributed by atoms with E-state index in [0.717, 1.165) is 9.13 Å². The fourth-order valence-corrected chi connectivity index (χ4v) is 3.02. The van der Waals surface area contributed by atoms with E-state index in [9.17, 15) is 8.42 Å². The number of halogens is 1. The minimum atomic E-state index is -3.58. The molecule has 1 heterocycles. The maximum absolute atomic E-state index is 11.9. The first-order valence-electron chi connectivity index (χ1n) is 4.77. The summed E-state index contributed by atoms with van der Waals surface area (Å²) in [5.74, 6) is 0. The molecule has 90 valence electrons. The predicted molar refractivity (Wildman–Crippen MR) is 73.3 cm³/mol. The van der Waals surface area contributed by atoms with Gasteiger partial charge in [-0.15, -0.1) is 0 Å². The average Bonchev–Trinajstić information content (AvgIpc) is 2.76. The summed E-state index contributed by atoms with van der Waals surface area (Å²) in [6.45, 7) is 1.85. The Bertz CT molecular complexity index is 623. The number of aromatic nitrogens is 2. The molecule has 0 aliphatic rings. The van der Waals surface area contributed by atoms with Gasteiger partial charge in [-0.05, 0) is 59.3 Å². The fraction of sp³-hybridized carbons (Fsp3) is 0.100. The number of H-pyrrole nitrogens is 1. The van der Waals surface area contributed by atoms with E-state index < -0.39 is 10.0 Å². The van der Waals surface area contributed by atoms with Gasteiger partial charge in [0.25, 0.3) is 10.0 Å². The van der Waals surface area contributed by atoms with Crippen LogP contribution in [0.3, 0.4) is 0 Å². The molecule has 1 aromatic heterocycles. The van der Waals surface area contributed by atoms with Crippen molar-refractivity contribution in [1.29, 1.82) is 0 Å². The quantitative estimate of drug-likeness (QED) is 0.821. The van der Waals surface area contributed by atoms with Crippen molar-refractivity contribution in [3.8, 4) is 0 Å². The predicted octanol–water partition coefficient (Wildman–Crippen LogP) is 2.12. The van der Waals surface area contributed by atoms with E-state index in [-0.39, 0.29) is 5.03 Å². The van der Waals surface area contributed by atoms with Gasteiger partial charge in [-0.1, -0.05) is 0 Å². The normalized spacial score (nSPS) is 11.4. The number of aryl methyl sites for hydroxylation is 1. The molecule has 0 saturated heterocycles. The number of hydrogen-bond donors (Lipinski definition) is 2. The standard InChI is InChI=1S/C10H10IN3O2S/c1-7-6-8(11)2-3-9(7)14-17(15,16)10-4-5-12-13-10/h2-6,14H,1H3,(H,12,13). The van der Waals surface area contributed by atoms with Crippen molar-refractivity contribution < 1.29 is 8.42 Å². The molecular formula is C10H10IN3O2S. The summed E-state index contributed by atoms with van der Waals surface area (Å²) >= 11 is 2.18. The molecule has 0 bridgehead atoms. The van der Waals surface area contributed by atoms with Crippen molar-refractivity contribution in [3.05, 3.63) is 39.6 Å². The minimum Gasteiger partial charge on any atom is -0.278 e. The summed E-state index contributed by atoms with van der Waals surface area (Å²) in [5.41, 5.74) is 1.44. The van der Waals surface area contributed by atoms with Gasteiger partial charge in [0.05, 0.1) is 11.9 Å². The topological polar surface area (TPSA) is 74.8 Å². The van der Waals surface area contributed by atoms with Crippen molar-refractivity contribution in [2.45, 2.75) is 11.9 Å². The first kappa shape index (κ1) is 12.4. The van der Waals surface area contributed by atoms with Crippen LogP contribution in [0, 0.1) is 10.5 Å². The Morgan fingerprint density at radius 1 is 1.35 bits per heavy atom. The molecule has 0 radical (unpaired) electrons. The zero-order valence-electron chi connectivity index (χ0n) is 8.94. The van der Waals surface area contributed by atoms with Crippen LogP contribution in [0.2, 0.25) is 0 Å². The van der Waals surface area contributed by atoms with Crippen LogP contribution in [0.15, 0.2) is 35.5 Å². The van der Waals surface area contributed by atoms with Crippen LogP contribution in [0.4, 0.5) is 5.69 Å². The lowest BCUT2D eigenvalue weighted by molar-refractivity contribution is 0.597. The monoisotopic (exact) mass is 363 g/mol. The van der Waals surface area contributed by atoms with Gasteiger partial charge in [-0.3, -0.25) is 9.82 Å². The number of hydrogen-bond acceptors (Lipinski definition) is 3. The number of sulfonamides is 1. The van der Waals surface area contributed by atoms with Gasteiger partial charge >= 0.3 is 0 Å². The molecule has 0 unspecified atom stereocenters. The van der Waals surface area contributed by atoms with Crippen LogP contribution in [0.5, 0.6) is 0 Å². The van der Waals surface area contributed by atoms with Crippen molar-refractivity contribution in [1.82, 2.24) is 10.2 Å². The van der Waals surface area contributed by atoms with E-state index in [2.05, 4.69) is 37.5 Å². The summed E-state index contributed by atoms with van der Waals surface area (Å²) < 4.78 is 27.4. The highest BCUT2D eigenvalue weighted by atomic mass is 127. The zero-order chi connectivity index (χ0) is 12.5. The molecule has 1 aromatic carbocycles. The SMILES string of the molecule is Cc1cc(I)ccc1NS(=O)(=O)c1ccn[nH]1. The number of anilines is 1. The molecule has 17 heavy (non-hydrogen) atoms. The Labute approximate surface area is 113 Å². The maximum Gasteiger partial charge on any atom is 0.278 e. The van der Waals surface area contributed by atoms with Crippen molar-refractivity contribution in [2.24, 2.45) is 0 Å². The van der Waals surface area contributed by atoms with Gasteiger partial charge in [0.15, 0.2) is 5.03 Å². The van der Waals surface area contributed by atoms with E-state index in [0.29, 0.717) is 5.69 Å². The lowest BCUT2D eigenvalue weighted by Crippen LogP contribution is -2.14. The molecule has 0 aliphatic carbocycles. The summed E-state index contributed by atoms with van der Waals surface area (Å²) in [4.78, 5) is 0. The molecule has 5 nitrogen and oxygen atoms in total. The second-order valence-electron chi connectivity index (χ2n) is 3.49. The van der Waals surface area contributed by atoms with Crippen LogP contribution in [-0.2, 0) is 10.0 Å². The van der Waals surface area contributed by atoms with Crippen LogP contribution in [0.1, 0.15) is 5.56 Å². The molecule has 2 N–H and O–H groups in total. The third-order valence-corrected chi connectivity index (χ3v) is 4.16. The Kier molecular flexibility index (Phi) is 3.38. The van der Waals surface area contributed by atoms with Crippen molar-refractivity contribution in [2.75, 3.05) is 4.72 Å². The fourth-order valence-electron chi connectivity index (χ4n) is 1.33. The number of benzene rings is 1. The Hall–Kier alpha value is -1.09. The molecule has 0 atom stereocenters. The first-order valence-corrected chi connectivity index (χ1v) is 7.33. The molecule has 0 saturated carbocycles. The third kappa shape index (κ3) is 2.78. The van der Waals surface area contributed by atoms with Crippen molar-refractivity contribution in [3.63, 3.8) is 0 Å². The van der Waals surface area contributed by atoms with Crippen LogP contribution in [0.25, 0.3) is 0 Å². The Balaban J connectivity index is 2.33. The Morgan fingerprint density at radius 2 is 2.12 bits per heavy atom. The minimum absolute atomic E-state index is 0.0513. The van der Waals surface area contributed by atoms with Crippen molar-refractivity contribution >= 4 is 38.3 Å². The van der Waals surface area contributed by atoms with E-state index in [1.165, 1.54) is 12.3 Å². The molecule has 2 aromatic rings. The highest BCUT2D eigenvalue weighted by Crippen LogP contribution is 2.20. The number of nitrogens with one attached hydrogen (secondary N) is 2. The molecule has 2 rings (SSSR count). The molecule has 7 heteroatoms. The smallest absolute Gasteiger partial charge is 0.278 e. The summed E-state index contributed by atoms with van der Waals surface area (Å²) in [6.07, 6.45) is 1.40. The zero-order valence-corrected chi connectivity index (χ0v) is 11.9. The largest absolute Gasteiger partial charge is 0.278 e. The van der Waals surface area contributed by atoms with E-state index in [1.807, 2.05) is 19.1 Å². The second kappa shape index (κ2) is 4.65. The Morgan fingerprint density at radius 3 is 2.71 bits per heavy atom. The lowest BCUT2D eigenvalue weighted by Gasteiger charge is -2.09. The average molecular weight is 363 g/mol. The summed E-state index contributed by atoms with van der Waals surface area (Å²) in [7, 11) is -3.58. The highest BCUT2D eigenvalue weighted by molar-refractivity contribution is 14.1. The third-order valence-electron chi connectivity index (χ3n) is 2.20. The number of aromatic amines is 1. The van der Waals surface area contributed by atoms with Gasteiger partial charge in [0.2, 0.25) is 0 Å². The van der Waals surface area contributed by atoms with Gasteiger partial charge in [-0.2, -0.15) is 13.5 Å². The first-order chi connectivity index (χ1) is 7.99. The van der Waals surface area contributed by atoms with Gasteiger partial charge in [0, 0.05) is 3.57 Å². The van der Waals surface area contributed by atoms with E-state index in [4.69, 9.17) is 0 Å². The van der Waals surface area contributed by atoms with Crippen LogP contribution in [-0.4, -0.2) is 18.6 Å². The molecule has 0 aliphatic heterocycles. The second-order valence-corrected chi connectivity index (χ2v) is 6.38. The van der Waals surface area contributed by atoms with Crippen LogP contribution < -0.4 is 4.72 Å². The molecule has 0 fully saturated rings. The molecule has 0 amide bonds. The van der Waals surface area contributed by atoms with E-state index >= 15 is 0 Å². The van der Waals surface area contributed by atoms with Gasteiger partial charge in [0.1, 0.15) is 0 Å². The summed E-state index contributed by atoms with van der Waals surface area (Å²) in [5, 5.41) is 6.10.